The van der Waals surface area contributed by atoms with Crippen LogP contribution in [0.3, 0.4) is 0 Å². The van der Waals surface area contributed by atoms with Crippen molar-refractivity contribution in [2.24, 2.45) is 11.8 Å². The van der Waals surface area contributed by atoms with Gasteiger partial charge in [-0.3, -0.25) is 15.0 Å². The number of ether oxygens (including phenoxy) is 1. The van der Waals surface area contributed by atoms with Crippen molar-refractivity contribution in [1.82, 2.24) is 20.5 Å². The van der Waals surface area contributed by atoms with Crippen molar-refractivity contribution >= 4 is 21.9 Å². The van der Waals surface area contributed by atoms with Crippen molar-refractivity contribution in [3.8, 4) is 0 Å². The summed E-state index contributed by atoms with van der Waals surface area (Å²) >= 11 is 0. The number of benzene rings is 1. The summed E-state index contributed by atoms with van der Waals surface area (Å²) < 4.78 is 31.9. The molecular formula is C21H30N4O5S. The molecule has 9 nitrogen and oxygen atoms in total. The van der Waals surface area contributed by atoms with E-state index in [1.54, 1.807) is 30.3 Å². The number of nitrogens with zero attached hydrogens (tertiary/aromatic N) is 1. The summed E-state index contributed by atoms with van der Waals surface area (Å²) in [5, 5.41) is 3.15. The standard InChI is InChI=1S/C21H30N4O5S/c1-30-21(27)19-17-13-15(7-8-18(17)23-24-19)22-20(26)14-9-11-25(12-10-14)31(28,29)16-5-3-2-4-6-16/h2-6,14-15,17-19,23-24H,7-13H2,1H3,(H,22,26). The molecular weight excluding hydrogens is 420 g/mol. The Balaban J connectivity index is 1.30. The van der Waals surface area contributed by atoms with Crippen LogP contribution in [0.1, 0.15) is 32.1 Å². The number of hydrogen-bond acceptors (Lipinski definition) is 7. The number of rotatable bonds is 5. The van der Waals surface area contributed by atoms with E-state index in [1.807, 2.05) is 0 Å². The van der Waals surface area contributed by atoms with Crippen molar-refractivity contribution < 1.29 is 22.7 Å². The van der Waals surface area contributed by atoms with E-state index >= 15 is 0 Å². The first kappa shape index (κ1) is 22.2. The van der Waals surface area contributed by atoms with Crippen LogP contribution in [0.2, 0.25) is 0 Å². The number of nitrogens with one attached hydrogen (secondary N) is 3. The number of fused-ring (bicyclic) bond motifs is 1. The third-order valence-electron chi connectivity index (χ3n) is 6.76. The zero-order chi connectivity index (χ0) is 22.0. The van der Waals surface area contributed by atoms with Gasteiger partial charge in [0.15, 0.2) is 0 Å². The average molecular weight is 451 g/mol. The van der Waals surface area contributed by atoms with E-state index in [9.17, 15) is 18.0 Å². The quantitative estimate of drug-likeness (QED) is 0.556. The van der Waals surface area contributed by atoms with Crippen LogP contribution >= 0.6 is 0 Å². The zero-order valence-electron chi connectivity index (χ0n) is 17.6. The summed E-state index contributed by atoms with van der Waals surface area (Å²) in [5.74, 6) is -0.437. The number of sulfonamides is 1. The van der Waals surface area contributed by atoms with Crippen LogP contribution < -0.4 is 16.2 Å². The van der Waals surface area contributed by atoms with Crippen LogP contribution in [0, 0.1) is 11.8 Å². The molecule has 31 heavy (non-hydrogen) atoms. The third-order valence-corrected chi connectivity index (χ3v) is 8.67. The number of methoxy groups -OCH3 is 1. The molecule has 0 aromatic heterocycles. The summed E-state index contributed by atoms with van der Waals surface area (Å²) in [6, 6.07) is 8.20. The molecule has 3 fully saturated rings. The monoisotopic (exact) mass is 450 g/mol. The molecule has 2 heterocycles. The van der Waals surface area contributed by atoms with Crippen LogP contribution in [0.15, 0.2) is 35.2 Å². The van der Waals surface area contributed by atoms with Gasteiger partial charge in [0.25, 0.3) is 0 Å². The van der Waals surface area contributed by atoms with Crippen molar-refractivity contribution in [2.75, 3.05) is 20.2 Å². The smallest absolute Gasteiger partial charge is 0.324 e. The van der Waals surface area contributed by atoms with E-state index < -0.39 is 16.1 Å². The van der Waals surface area contributed by atoms with Gasteiger partial charge >= 0.3 is 5.97 Å². The van der Waals surface area contributed by atoms with E-state index in [1.165, 1.54) is 11.4 Å². The number of amides is 1. The Kier molecular flexibility index (Phi) is 6.61. The lowest BCUT2D eigenvalue weighted by atomic mass is 9.79. The Labute approximate surface area is 182 Å². The third kappa shape index (κ3) is 4.62. The maximum Gasteiger partial charge on any atom is 0.324 e. The van der Waals surface area contributed by atoms with Crippen LogP contribution in [0.25, 0.3) is 0 Å². The van der Waals surface area contributed by atoms with Gasteiger partial charge in [-0.05, 0) is 44.2 Å². The molecule has 1 saturated carbocycles. The van der Waals surface area contributed by atoms with Crippen molar-refractivity contribution in [3.63, 3.8) is 0 Å². The fraction of sp³-hybridized carbons (Fsp3) is 0.619. The summed E-state index contributed by atoms with van der Waals surface area (Å²) in [5.41, 5.74) is 6.19. The molecule has 1 amide bonds. The predicted molar refractivity (Wildman–Crippen MR) is 113 cm³/mol. The van der Waals surface area contributed by atoms with Crippen LogP contribution in [0.5, 0.6) is 0 Å². The summed E-state index contributed by atoms with van der Waals surface area (Å²) in [4.78, 5) is 25.1. The van der Waals surface area contributed by atoms with Crippen LogP contribution in [-0.4, -0.2) is 62.9 Å². The number of carbonyl (C=O) groups excluding carboxylic acids is 2. The normalized spacial score (nSPS) is 29.8. The molecule has 2 aliphatic heterocycles. The average Bonchev–Trinajstić information content (AvgIpc) is 3.22. The molecule has 3 aliphatic rings. The Morgan fingerprint density at radius 1 is 1.06 bits per heavy atom. The first-order chi connectivity index (χ1) is 14.9. The number of piperidine rings is 1. The van der Waals surface area contributed by atoms with Gasteiger partial charge in [0.1, 0.15) is 6.04 Å². The molecule has 1 aromatic rings. The maximum absolute atomic E-state index is 12.9. The number of hydrazine groups is 1. The van der Waals surface area contributed by atoms with Crippen molar-refractivity contribution in [1.29, 1.82) is 0 Å². The second kappa shape index (κ2) is 9.23. The summed E-state index contributed by atoms with van der Waals surface area (Å²) in [6.45, 7) is 0.672. The second-order valence-corrected chi connectivity index (χ2v) is 10.5. The van der Waals surface area contributed by atoms with Crippen molar-refractivity contribution in [3.05, 3.63) is 30.3 Å². The Hall–Kier alpha value is -2.01. The Morgan fingerprint density at radius 2 is 1.77 bits per heavy atom. The van der Waals surface area contributed by atoms with E-state index in [2.05, 4.69) is 16.2 Å². The van der Waals surface area contributed by atoms with E-state index in [0.29, 0.717) is 32.4 Å². The van der Waals surface area contributed by atoms with Gasteiger partial charge in [-0.1, -0.05) is 18.2 Å². The highest BCUT2D eigenvalue weighted by atomic mass is 32.2. The molecule has 170 valence electrons. The van der Waals surface area contributed by atoms with E-state index in [0.717, 1.165) is 12.8 Å². The van der Waals surface area contributed by atoms with Gasteiger partial charge in [-0.2, -0.15) is 4.31 Å². The first-order valence-electron chi connectivity index (χ1n) is 10.8. The molecule has 1 aliphatic carbocycles. The highest BCUT2D eigenvalue weighted by Crippen LogP contribution is 2.31. The minimum Gasteiger partial charge on any atom is -0.468 e. The highest BCUT2D eigenvalue weighted by molar-refractivity contribution is 7.89. The SMILES string of the molecule is COC(=O)C1NNC2CCC(NC(=O)C3CCN(S(=O)(=O)c4ccccc4)CC3)CC21. The molecule has 0 bridgehead atoms. The van der Waals surface area contributed by atoms with E-state index in [4.69, 9.17) is 4.74 Å². The predicted octanol–water partition coefficient (Wildman–Crippen LogP) is 0.390. The first-order valence-corrected chi connectivity index (χ1v) is 12.3. The van der Waals surface area contributed by atoms with Gasteiger partial charge in [-0.25, -0.2) is 13.8 Å². The largest absolute Gasteiger partial charge is 0.468 e. The molecule has 1 aromatic carbocycles. The molecule has 2 saturated heterocycles. The molecule has 0 radical (unpaired) electrons. The lowest BCUT2D eigenvalue weighted by Gasteiger charge is -2.35. The second-order valence-electron chi connectivity index (χ2n) is 8.57. The van der Waals surface area contributed by atoms with Gasteiger partial charge in [0.05, 0.1) is 12.0 Å². The topological polar surface area (TPSA) is 117 Å². The van der Waals surface area contributed by atoms with Gasteiger partial charge < -0.3 is 10.1 Å². The van der Waals surface area contributed by atoms with Gasteiger partial charge in [0.2, 0.25) is 15.9 Å². The highest BCUT2D eigenvalue weighted by Gasteiger charge is 2.44. The summed E-state index contributed by atoms with van der Waals surface area (Å²) in [7, 11) is -2.14. The molecule has 3 N–H and O–H groups in total. The molecule has 0 spiro atoms. The number of hydrogen-bond donors (Lipinski definition) is 3. The van der Waals surface area contributed by atoms with Gasteiger partial charge in [0, 0.05) is 37.0 Å². The molecule has 4 unspecified atom stereocenters. The lowest BCUT2D eigenvalue weighted by Crippen LogP contribution is -2.49. The fourth-order valence-electron chi connectivity index (χ4n) is 4.97. The minimum atomic E-state index is -3.52. The van der Waals surface area contributed by atoms with Crippen LogP contribution in [0.4, 0.5) is 0 Å². The zero-order valence-corrected chi connectivity index (χ0v) is 18.4. The molecule has 10 heteroatoms. The van der Waals surface area contributed by atoms with E-state index in [-0.39, 0.29) is 40.7 Å². The van der Waals surface area contributed by atoms with Crippen LogP contribution in [-0.2, 0) is 24.3 Å². The summed E-state index contributed by atoms with van der Waals surface area (Å²) in [6.07, 6.45) is 3.42. The minimum absolute atomic E-state index is 0.00804. The lowest BCUT2D eigenvalue weighted by molar-refractivity contribution is -0.144. The maximum atomic E-state index is 12.9. The molecule has 4 rings (SSSR count). The number of esters is 1. The van der Waals surface area contributed by atoms with Gasteiger partial charge in [-0.15, -0.1) is 0 Å². The fourth-order valence-corrected chi connectivity index (χ4v) is 6.46. The molecule has 4 atom stereocenters. The number of carbonyl (C=O) groups is 2. The Bertz CT molecular complexity index is 902. The Morgan fingerprint density at radius 3 is 2.45 bits per heavy atom. The van der Waals surface area contributed by atoms with Crippen molar-refractivity contribution in [2.45, 2.75) is 55.1 Å².